The van der Waals surface area contributed by atoms with Crippen LogP contribution in [-0.2, 0) is 18.4 Å². The van der Waals surface area contributed by atoms with Crippen molar-refractivity contribution in [1.82, 2.24) is 24.6 Å². The SMILES string of the molecule is CSCC(=O)N1CCC[C@@H](c2nnc(CN3CCC(O)CC3)n2C)C1. The van der Waals surface area contributed by atoms with Crippen molar-refractivity contribution >= 4 is 17.7 Å². The van der Waals surface area contributed by atoms with Gasteiger partial charge in [0.05, 0.1) is 18.4 Å². The lowest BCUT2D eigenvalue weighted by Gasteiger charge is -2.32. The smallest absolute Gasteiger partial charge is 0.232 e. The van der Waals surface area contributed by atoms with Crippen LogP contribution in [0.15, 0.2) is 0 Å². The van der Waals surface area contributed by atoms with E-state index in [-0.39, 0.29) is 17.9 Å². The molecular weight excluding hydrogens is 338 g/mol. The molecule has 0 aromatic carbocycles. The molecule has 2 saturated heterocycles. The molecule has 1 aromatic heterocycles. The molecule has 2 fully saturated rings. The molecule has 8 heteroatoms. The van der Waals surface area contributed by atoms with Crippen molar-refractivity contribution in [2.75, 3.05) is 38.2 Å². The third kappa shape index (κ3) is 4.54. The van der Waals surface area contributed by atoms with Crippen molar-refractivity contribution < 1.29 is 9.90 Å². The van der Waals surface area contributed by atoms with Crippen molar-refractivity contribution in [3.63, 3.8) is 0 Å². The molecule has 0 spiro atoms. The predicted octanol–water partition coefficient (Wildman–Crippen LogP) is 0.841. The van der Waals surface area contributed by atoms with Gasteiger partial charge in [-0.05, 0) is 31.9 Å². The maximum atomic E-state index is 12.2. The second-order valence-corrected chi connectivity index (χ2v) is 8.02. The lowest BCUT2D eigenvalue weighted by molar-refractivity contribution is -0.129. The van der Waals surface area contributed by atoms with Gasteiger partial charge in [0.15, 0.2) is 0 Å². The van der Waals surface area contributed by atoms with Gasteiger partial charge in [-0.25, -0.2) is 0 Å². The van der Waals surface area contributed by atoms with E-state index in [1.165, 1.54) is 0 Å². The fourth-order valence-electron chi connectivity index (χ4n) is 3.78. The maximum absolute atomic E-state index is 12.2. The Bertz CT molecular complexity index is 586. The van der Waals surface area contributed by atoms with E-state index >= 15 is 0 Å². The molecule has 1 aromatic rings. The minimum atomic E-state index is -0.154. The number of hydrogen-bond acceptors (Lipinski definition) is 6. The normalized spacial score (nSPS) is 23.2. The van der Waals surface area contributed by atoms with Crippen molar-refractivity contribution in [2.45, 2.75) is 44.2 Å². The van der Waals surface area contributed by atoms with Crippen molar-refractivity contribution in [3.05, 3.63) is 11.6 Å². The Morgan fingerprint density at radius 2 is 2.00 bits per heavy atom. The van der Waals surface area contributed by atoms with Crippen LogP contribution >= 0.6 is 11.8 Å². The highest BCUT2D eigenvalue weighted by Crippen LogP contribution is 2.26. The van der Waals surface area contributed by atoms with Crippen LogP contribution in [0.3, 0.4) is 0 Å². The average Bonchev–Trinajstić information content (AvgIpc) is 2.98. The van der Waals surface area contributed by atoms with Gasteiger partial charge in [0.1, 0.15) is 11.6 Å². The molecule has 3 rings (SSSR count). The molecule has 3 heterocycles. The quantitative estimate of drug-likeness (QED) is 0.831. The van der Waals surface area contributed by atoms with Gasteiger partial charge in [-0.3, -0.25) is 9.69 Å². The standard InChI is InChI=1S/C17H29N5O2S/c1-20-15(11-21-8-5-14(23)6-9-21)18-19-17(20)13-4-3-7-22(10-13)16(24)12-25-2/h13-14,23H,3-12H2,1-2H3/t13-/m1/s1. The molecule has 0 unspecified atom stereocenters. The molecule has 0 bridgehead atoms. The Morgan fingerprint density at radius 3 is 2.72 bits per heavy atom. The zero-order chi connectivity index (χ0) is 17.8. The summed E-state index contributed by atoms with van der Waals surface area (Å²) in [6, 6.07) is 0. The first-order chi connectivity index (χ1) is 12.1. The summed E-state index contributed by atoms with van der Waals surface area (Å²) in [5.74, 6) is 3.02. The van der Waals surface area contributed by atoms with Crippen LogP contribution in [0.5, 0.6) is 0 Å². The number of hydrogen-bond donors (Lipinski definition) is 1. The third-order valence-corrected chi connectivity index (χ3v) is 5.86. The molecular formula is C17H29N5O2S. The molecule has 1 N–H and O–H groups in total. The van der Waals surface area contributed by atoms with Crippen molar-refractivity contribution in [1.29, 1.82) is 0 Å². The predicted molar refractivity (Wildman–Crippen MR) is 98.5 cm³/mol. The van der Waals surface area contributed by atoms with Crippen LogP contribution in [0, 0.1) is 0 Å². The number of rotatable bonds is 5. The van der Waals surface area contributed by atoms with Gasteiger partial charge < -0.3 is 14.6 Å². The van der Waals surface area contributed by atoms with Gasteiger partial charge >= 0.3 is 0 Å². The van der Waals surface area contributed by atoms with Crippen LogP contribution in [0.25, 0.3) is 0 Å². The number of amides is 1. The van der Waals surface area contributed by atoms with Crippen molar-refractivity contribution in [2.24, 2.45) is 7.05 Å². The highest BCUT2D eigenvalue weighted by molar-refractivity contribution is 7.99. The van der Waals surface area contributed by atoms with Crippen molar-refractivity contribution in [3.8, 4) is 0 Å². The number of aliphatic hydroxyl groups is 1. The fraction of sp³-hybridized carbons (Fsp3) is 0.824. The highest BCUT2D eigenvalue weighted by Gasteiger charge is 2.28. The minimum absolute atomic E-state index is 0.154. The number of piperidine rings is 2. The lowest BCUT2D eigenvalue weighted by Crippen LogP contribution is -2.40. The summed E-state index contributed by atoms with van der Waals surface area (Å²) >= 11 is 1.58. The molecule has 2 aliphatic heterocycles. The Kier molecular flexibility index (Phi) is 6.35. The van der Waals surface area contributed by atoms with E-state index in [1.54, 1.807) is 11.8 Å². The number of thioether (sulfide) groups is 1. The van der Waals surface area contributed by atoms with E-state index < -0.39 is 0 Å². The molecule has 1 atom stereocenters. The van der Waals surface area contributed by atoms with Gasteiger partial charge in [-0.2, -0.15) is 11.8 Å². The van der Waals surface area contributed by atoms with E-state index in [2.05, 4.69) is 19.7 Å². The number of nitrogens with zero attached hydrogens (tertiary/aromatic N) is 5. The van der Waals surface area contributed by atoms with Gasteiger partial charge in [0.25, 0.3) is 0 Å². The molecule has 0 aliphatic carbocycles. The van der Waals surface area contributed by atoms with Gasteiger partial charge in [0.2, 0.25) is 5.91 Å². The molecule has 25 heavy (non-hydrogen) atoms. The summed E-state index contributed by atoms with van der Waals surface area (Å²) in [6.45, 7) is 4.20. The maximum Gasteiger partial charge on any atom is 0.232 e. The van der Waals surface area contributed by atoms with E-state index in [0.717, 1.165) is 70.1 Å². The van der Waals surface area contributed by atoms with Crippen LogP contribution in [0.1, 0.15) is 43.3 Å². The number of aliphatic hydroxyl groups excluding tert-OH is 1. The number of carbonyl (C=O) groups excluding carboxylic acids is 1. The summed E-state index contributed by atoms with van der Waals surface area (Å²) in [5, 5.41) is 18.5. The zero-order valence-corrected chi connectivity index (χ0v) is 16.0. The van der Waals surface area contributed by atoms with Gasteiger partial charge in [0, 0.05) is 39.1 Å². The van der Waals surface area contributed by atoms with E-state index in [1.807, 2.05) is 18.2 Å². The second kappa shape index (κ2) is 8.51. The Hall–Kier alpha value is -1.12. The first-order valence-electron chi connectivity index (χ1n) is 9.13. The minimum Gasteiger partial charge on any atom is -0.393 e. The number of likely N-dealkylation sites (tertiary alicyclic amines) is 2. The number of aromatic nitrogens is 3. The van der Waals surface area contributed by atoms with Crippen LogP contribution in [0.2, 0.25) is 0 Å². The Labute approximate surface area is 153 Å². The molecule has 1 amide bonds. The van der Waals surface area contributed by atoms with E-state index in [4.69, 9.17) is 0 Å². The zero-order valence-electron chi connectivity index (χ0n) is 15.2. The largest absolute Gasteiger partial charge is 0.393 e. The van der Waals surface area contributed by atoms with Crippen LogP contribution < -0.4 is 0 Å². The summed E-state index contributed by atoms with van der Waals surface area (Å²) in [5.41, 5.74) is 0. The van der Waals surface area contributed by atoms with Gasteiger partial charge in [-0.15, -0.1) is 10.2 Å². The van der Waals surface area contributed by atoms with Crippen LogP contribution in [-0.4, -0.2) is 79.9 Å². The second-order valence-electron chi connectivity index (χ2n) is 7.15. The topological polar surface area (TPSA) is 74.5 Å². The third-order valence-electron chi connectivity index (χ3n) is 5.33. The average molecular weight is 368 g/mol. The summed E-state index contributed by atoms with van der Waals surface area (Å²) in [4.78, 5) is 16.5. The molecule has 140 valence electrons. The number of carbonyl (C=O) groups is 1. The summed E-state index contributed by atoms with van der Waals surface area (Å²) < 4.78 is 2.11. The molecule has 0 saturated carbocycles. The summed E-state index contributed by atoms with van der Waals surface area (Å²) in [7, 11) is 2.03. The van der Waals surface area contributed by atoms with Crippen LogP contribution in [0.4, 0.5) is 0 Å². The first kappa shape index (κ1) is 18.7. The molecule has 2 aliphatic rings. The lowest BCUT2D eigenvalue weighted by atomic mass is 9.97. The fourth-order valence-corrected chi connectivity index (χ4v) is 4.20. The molecule has 7 nitrogen and oxygen atoms in total. The Morgan fingerprint density at radius 1 is 1.24 bits per heavy atom. The molecule has 0 radical (unpaired) electrons. The van der Waals surface area contributed by atoms with Gasteiger partial charge in [-0.1, -0.05) is 0 Å². The monoisotopic (exact) mass is 367 g/mol. The summed E-state index contributed by atoms with van der Waals surface area (Å²) in [6.07, 6.45) is 5.56. The highest BCUT2D eigenvalue weighted by atomic mass is 32.2. The van der Waals surface area contributed by atoms with E-state index in [9.17, 15) is 9.90 Å². The first-order valence-corrected chi connectivity index (χ1v) is 10.5. The van der Waals surface area contributed by atoms with E-state index in [0.29, 0.717) is 5.75 Å². The Balaban J connectivity index is 1.63.